The number of amides is 2. The smallest absolute Gasteiger partial charge is 0.338 e. The van der Waals surface area contributed by atoms with Crippen molar-refractivity contribution in [3.63, 3.8) is 0 Å². The second kappa shape index (κ2) is 8.44. The number of hydrogen-bond donors (Lipinski definition) is 1. The van der Waals surface area contributed by atoms with E-state index in [9.17, 15) is 14.0 Å². The topological polar surface area (TPSA) is 58.6 Å². The van der Waals surface area contributed by atoms with E-state index in [1.54, 1.807) is 13.8 Å². The quantitative estimate of drug-likeness (QED) is 0.744. The van der Waals surface area contributed by atoms with Gasteiger partial charge in [0.1, 0.15) is 5.82 Å². The van der Waals surface area contributed by atoms with Crippen molar-refractivity contribution in [3.8, 4) is 0 Å². The Morgan fingerprint density at radius 3 is 2.57 bits per heavy atom. The van der Waals surface area contributed by atoms with E-state index >= 15 is 0 Å². The van der Waals surface area contributed by atoms with Gasteiger partial charge in [0.15, 0.2) is 0 Å². The van der Waals surface area contributed by atoms with Gasteiger partial charge in [0.25, 0.3) is 0 Å². The molecular weight excluding hydrogens is 383 g/mol. The Bertz CT molecular complexity index is 910. The molecule has 0 saturated heterocycles. The monoisotopic (exact) mass is 402 g/mol. The van der Waals surface area contributed by atoms with Gasteiger partial charge in [-0.3, -0.25) is 4.90 Å². The first-order valence-electron chi connectivity index (χ1n) is 8.87. The first-order valence-corrected chi connectivity index (χ1v) is 9.25. The zero-order chi connectivity index (χ0) is 20.3. The molecule has 0 bridgehead atoms. The number of esters is 1. The molecule has 3 rings (SSSR count). The van der Waals surface area contributed by atoms with Crippen LogP contribution in [0.2, 0.25) is 5.02 Å². The summed E-state index contributed by atoms with van der Waals surface area (Å²) >= 11 is 6.19. The number of urea groups is 1. The van der Waals surface area contributed by atoms with Crippen LogP contribution in [0.1, 0.15) is 31.0 Å². The van der Waals surface area contributed by atoms with Crippen LogP contribution in [0.15, 0.2) is 59.8 Å². The van der Waals surface area contributed by atoms with Crippen LogP contribution in [0.4, 0.5) is 9.18 Å². The summed E-state index contributed by atoms with van der Waals surface area (Å²) in [4.78, 5) is 26.9. The van der Waals surface area contributed by atoms with Gasteiger partial charge in [0.05, 0.1) is 24.8 Å². The molecule has 2 amide bonds. The van der Waals surface area contributed by atoms with Gasteiger partial charge >= 0.3 is 12.0 Å². The van der Waals surface area contributed by atoms with Gasteiger partial charge in [-0.15, -0.1) is 0 Å². The maximum absolute atomic E-state index is 14.5. The van der Waals surface area contributed by atoms with Gasteiger partial charge in [0.2, 0.25) is 0 Å². The summed E-state index contributed by atoms with van der Waals surface area (Å²) in [5.41, 5.74) is 1.49. The van der Waals surface area contributed by atoms with Crippen molar-refractivity contribution in [1.82, 2.24) is 10.2 Å². The number of nitrogens with one attached hydrogen (secondary N) is 1. The van der Waals surface area contributed by atoms with Crippen LogP contribution in [0.3, 0.4) is 0 Å². The average Bonchev–Trinajstić information content (AvgIpc) is 2.66. The second-order valence-electron chi connectivity index (χ2n) is 6.31. The molecule has 146 valence electrons. The van der Waals surface area contributed by atoms with Gasteiger partial charge in [-0.05, 0) is 31.5 Å². The first kappa shape index (κ1) is 19.9. The van der Waals surface area contributed by atoms with Crippen molar-refractivity contribution in [2.24, 2.45) is 0 Å². The molecule has 0 saturated carbocycles. The van der Waals surface area contributed by atoms with E-state index in [0.29, 0.717) is 5.70 Å². The summed E-state index contributed by atoms with van der Waals surface area (Å²) in [5.74, 6) is -1.23. The molecule has 1 heterocycles. The molecule has 1 aliphatic heterocycles. The molecule has 0 aliphatic carbocycles. The van der Waals surface area contributed by atoms with E-state index in [0.717, 1.165) is 5.56 Å². The van der Waals surface area contributed by atoms with E-state index in [2.05, 4.69) is 5.32 Å². The molecule has 1 N–H and O–H groups in total. The van der Waals surface area contributed by atoms with Crippen LogP contribution in [0.5, 0.6) is 0 Å². The van der Waals surface area contributed by atoms with Crippen LogP contribution in [0, 0.1) is 5.82 Å². The van der Waals surface area contributed by atoms with E-state index < -0.39 is 23.9 Å². The number of halogens is 2. The lowest BCUT2D eigenvalue weighted by Gasteiger charge is -2.35. The fourth-order valence-corrected chi connectivity index (χ4v) is 3.49. The van der Waals surface area contributed by atoms with Crippen LogP contribution in [-0.2, 0) is 16.1 Å². The van der Waals surface area contributed by atoms with Crippen molar-refractivity contribution >= 4 is 23.6 Å². The SMILES string of the molecule is CCOC(=O)C1=C(C)N(Cc2ccccc2)C(=O)NC1c1c(F)cccc1Cl. The lowest BCUT2D eigenvalue weighted by atomic mass is 9.94. The molecule has 2 aromatic rings. The van der Waals surface area contributed by atoms with E-state index in [1.165, 1.54) is 23.1 Å². The number of rotatable bonds is 5. The summed E-state index contributed by atoms with van der Waals surface area (Å²) in [6, 6.07) is 12.1. The molecule has 28 heavy (non-hydrogen) atoms. The fourth-order valence-electron chi connectivity index (χ4n) is 3.21. The number of benzene rings is 2. The number of carbonyl (C=O) groups excluding carboxylic acids is 2. The van der Waals surface area contributed by atoms with Gasteiger partial charge < -0.3 is 10.1 Å². The number of hydrogen-bond acceptors (Lipinski definition) is 3. The minimum Gasteiger partial charge on any atom is -0.463 e. The maximum atomic E-state index is 14.5. The van der Waals surface area contributed by atoms with Crippen LogP contribution >= 0.6 is 11.6 Å². The summed E-state index contributed by atoms with van der Waals surface area (Å²) in [7, 11) is 0. The summed E-state index contributed by atoms with van der Waals surface area (Å²) in [5, 5.41) is 2.83. The van der Waals surface area contributed by atoms with E-state index in [-0.39, 0.29) is 29.3 Å². The zero-order valence-corrected chi connectivity index (χ0v) is 16.3. The molecule has 5 nitrogen and oxygen atoms in total. The predicted octanol–water partition coefficient (Wildman–Crippen LogP) is 4.58. The maximum Gasteiger partial charge on any atom is 0.338 e. The van der Waals surface area contributed by atoms with Crippen molar-refractivity contribution in [2.45, 2.75) is 26.4 Å². The van der Waals surface area contributed by atoms with Crippen molar-refractivity contribution in [3.05, 3.63) is 81.8 Å². The van der Waals surface area contributed by atoms with Gasteiger partial charge in [0, 0.05) is 16.3 Å². The van der Waals surface area contributed by atoms with Crippen LogP contribution in [0.25, 0.3) is 0 Å². The molecule has 2 aromatic carbocycles. The highest BCUT2D eigenvalue weighted by atomic mass is 35.5. The van der Waals surface area contributed by atoms with Crippen molar-refractivity contribution < 1.29 is 18.7 Å². The Hall–Kier alpha value is -2.86. The number of ether oxygens (including phenoxy) is 1. The van der Waals surface area contributed by atoms with E-state index in [1.807, 2.05) is 30.3 Å². The highest BCUT2D eigenvalue weighted by Gasteiger charge is 2.38. The minimum absolute atomic E-state index is 0.0410. The van der Waals surface area contributed by atoms with Crippen LogP contribution in [-0.4, -0.2) is 23.5 Å². The molecule has 0 spiro atoms. The Morgan fingerprint density at radius 1 is 1.21 bits per heavy atom. The first-order chi connectivity index (χ1) is 13.4. The molecule has 0 fully saturated rings. The third-order valence-corrected chi connectivity index (χ3v) is 4.89. The lowest BCUT2D eigenvalue weighted by Crippen LogP contribution is -2.48. The van der Waals surface area contributed by atoms with Gasteiger partial charge in [-0.25, -0.2) is 14.0 Å². The minimum atomic E-state index is -1.03. The molecule has 7 heteroatoms. The number of allylic oxidation sites excluding steroid dienone is 1. The predicted molar refractivity (Wildman–Crippen MR) is 104 cm³/mol. The number of nitrogens with zero attached hydrogens (tertiary/aromatic N) is 1. The Balaban J connectivity index is 2.09. The largest absolute Gasteiger partial charge is 0.463 e. The Labute approximate surface area is 167 Å². The summed E-state index contributed by atoms with van der Waals surface area (Å²) in [6.45, 7) is 3.75. The molecule has 0 radical (unpaired) electrons. The standard InChI is InChI=1S/C21H20ClFN2O3/c1-3-28-20(26)17-13(2)25(12-14-8-5-4-6-9-14)21(27)24-19(17)18-15(22)10-7-11-16(18)23/h4-11,19H,3,12H2,1-2H3,(H,24,27). The number of carbonyl (C=O) groups is 2. The van der Waals surface area contributed by atoms with Gasteiger partial charge in [-0.2, -0.15) is 0 Å². The molecule has 1 atom stereocenters. The Kier molecular flexibility index (Phi) is 5.99. The lowest BCUT2D eigenvalue weighted by molar-refractivity contribution is -0.139. The Morgan fingerprint density at radius 2 is 1.93 bits per heavy atom. The fraction of sp³-hybridized carbons (Fsp3) is 0.238. The normalized spacial score (nSPS) is 16.8. The third-order valence-electron chi connectivity index (χ3n) is 4.56. The summed E-state index contributed by atoms with van der Waals surface area (Å²) in [6.07, 6.45) is 0. The van der Waals surface area contributed by atoms with Crippen LogP contribution < -0.4 is 5.32 Å². The molecule has 1 aliphatic rings. The zero-order valence-electron chi connectivity index (χ0n) is 15.5. The summed E-state index contributed by atoms with van der Waals surface area (Å²) < 4.78 is 19.7. The highest BCUT2D eigenvalue weighted by molar-refractivity contribution is 6.31. The highest BCUT2D eigenvalue weighted by Crippen LogP contribution is 2.36. The molecular formula is C21H20ClFN2O3. The molecule has 0 aromatic heterocycles. The average molecular weight is 403 g/mol. The van der Waals surface area contributed by atoms with Crippen molar-refractivity contribution in [1.29, 1.82) is 0 Å². The third kappa shape index (κ3) is 3.87. The van der Waals surface area contributed by atoms with Gasteiger partial charge in [-0.1, -0.05) is 48.0 Å². The molecule has 1 unspecified atom stereocenters. The second-order valence-corrected chi connectivity index (χ2v) is 6.72. The van der Waals surface area contributed by atoms with Crippen molar-refractivity contribution in [2.75, 3.05) is 6.61 Å². The van der Waals surface area contributed by atoms with E-state index in [4.69, 9.17) is 16.3 Å².